The zero-order valence-electron chi connectivity index (χ0n) is 10.4. The molecule has 1 aromatic rings. The Morgan fingerprint density at radius 1 is 1.50 bits per heavy atom. The highest BCUT2D eigenvalue weighted by molar-refractivity contribution is 5.80. The second-order valence-electron chi connectivity index (χ2n) is 3.88. The van der Waals surface area contributed by atoms with Gasteiger partial charge >= 0.3 is 0 Å². The molecule has 16 heavy (non-hydrogen) atoms. The molecule has 1 aliphatic rings. The van der Waals surface area contributed by atoms with E-state index in [0.29, 0.717) is 18.6 Å². The molecule has 0 saturated carbocycles. The summed E-state index contributed by atoms with van der Waals surface area (Å²) in [6.07, 6.45) is 3.00. The molecular formula is C11H22N4O. The molecule has 92 valence electrons. The van der Waals surface area contributed by atoms with Crippen molar-refractivity contribution < 1.29 is 6.22 Å². The Kier molecular flexibility index (Phi) is 4.61. The van der Waals surface area contributed by atoms with E-state index in [0.717, 1.165) is 5.69 Å². The van der Waals surface area contributed by atoms with Crippen LogP contribution >= 0.6 is 0 Å². The first kappa shape index (κ1) is 12.8. The van der Waals surface area contributed by atoms with E-state index in [-0.39, 0.29) is 13.5 Å². The number of rotatable bonds is 1. The van der Waals surface area contributed by atoms with Crippen LogP contribution in [0.15, 0.2) is 6.20 Å². The molecule has 1 aliphatic heterocycles. The summed E-state index contributed by atoms with van der Waals surface area (Å²) >= 11 is 0. The molecular weight excluding hydrogens is 204 g/mol. The zero-order chi connectivity index (χ0) is 12.1. The van der Waals surface area contributed by atoms with Gasteiger partial charge in [0.25, 0.3) is 0 Å². The zero-order valence-corrected chi connectivity index (χ0v) is 10.4. The van der Waals surface area contributed by atoms with Crippen molar-refractivity contribution in [3.8, 4) is 0 Å². The lowest BCUT2D eigenvalue weighted by molar-refractivity contribution is -0.121. The fraction of sp³-hybridized carbons (Fsp3) is 0.727. The van der Waals surface area contributed by atoms with Crippen LogP contribution in [0.3, 0.4) is 0 Å². The highest BCUT2D eigenvalue weighted by Crippen LogP contribution is 2.21. The van der Waals surface area contributed by atoms with Gasteiger partial charge in [-0.1, -0.05) is 19.1 Å². The third-order valence-electron chi connectivity index (χ3n) is 2.43. The predicted molar refractivity (Wildman–Crippen MR) is 64.0 cm³/mol. The standard InChI is InChI=1S/C9H14N4O.C2H6.H2/c1-6-3-7(14)4-8(10-6)9-5-13(2)12-11-9;1-2;/h5-6,8,10H,3-4H2,1-2H3;1-2H3;1H/t6-,8-;;/m0../s1. The number of ketones is 1. The Hall–Kier alpha value is -1.23. The minimum absolute atomic E-state index is 0. The third kappa shape index (κ3) is 3.13. The number of carbonyl (C=O) groups is 1. The molecule has 0 amide bonds. The third-order valence-corrected chi connectivity index (χ3v) is 2.43. The molecule has 1 fully saturated rings. The first-order chi connectivity index (χ1) is 7.65. The van der Waals surface area contributed by atoms with E-state index >= 15 is 0 Å². The smallest absolute Gasteiger partial charge is 0.136 e. The van der Waals surface area contributed by atoms with Gasteiger partial charge in [0.05, 0.1) is 6.04 Å². The molecule has 0 bridgehead atoms. The number of carbonyl (C=O) groups excluding carboxylic acids is 1. The van der Waals surface area contributed by atoms with Crippen LogP contribution in [0.1, 0.15) is 46.8 Å². The maximum Gasteiger partial charge on any atom is 0.136 e. The fourth-order valence-corrected chi connectivity index (χ4v) is 1.83. The van der Waals surface area contributed by atoms with Gasteiger partial charge in [-0.3, -0.25) is 9.48 Å². The Balaban J connectivity index is 0.000000811. The number of hydrogen-bond donors (Lipinski definition) is 1. The number of piperidine rings is 1. The highest BCUT2D eigenvalue weighted by atomic mass is 16.1. The Labute approximate surface area is 97.7 Å². The fourth-order valence-electron chi connectivity index (χ4n) is 1.83. The van der Waals surface area contributed by atoms with Crippen LogP contribution in [-0.4, -0.2) is 26.8 Å². The van der Waals surface area contributed by atoms with Gasteiger partial charge in [0.1, 0.15) is 11.5 Å². The minimum atomic E-state index is 0. The van der Waals surface area contributed by atoms with Gasteiger partial charge in [-0.15, -0.1) is 5.10 Å². The van der Waals surface area contributed by atoms with Gasteiger partial charge in [-0.25, -0.2) is 0 Å². The lowest BCUT2D eigenvalue weighted by Crippen LogP contribution is -2.39. The van der Waals surface area contributed by atoms with Crippen LogP contribution in [0.5, 0.6) is 0 Å². The van der Waals surface area contributed by atoms with Crippen LogP contribution in [-0.2, 0) is 11.8 Å². The average Bonchev–Trinajstić information content (AvgIpc) is 2.66. The van der Waals surface area contributed by atoms with Crippen molar-refractivity contribution in [3.63, 3.8) is 0 Å². The number of nitrogens with one attached hydrogen (secondary N) is 1. The van der Waals surface area contributed by atoms with Crippen LogP contribution in [0.4, 0.5) is 0 Å². The molecule has 0 aromatic carbocycles. The van der Waals surface area contributed by atoms with E-state index in [1.807, 2.05) is 34.0 Å². The van der Waals surface area contributed by atoms with Gasteiger partial charge in [0.2, 0.25) is 0 Å². The largest absolute Gasteiger partial charge is 0.305 e. The molecule has 2 heterocycles. The van der Waals surface area contributed by atoms with E-state index in [9.17, 15) is 4.79 Å². The summed E-state index contributed by atoms with van der Waals surface area (Å²) < 4.78 is 1.65. The number of aryl methyl sites for hydroxylation is 1. The Morgan fingerprint density at radius 3 is 2.69 bits per heavy atom. The maximum absolute atomic E-state index is 11.4. The van der Waals surface area contributed by atoms with Crippen LogP contribution in [0.25, 0.3) is 0 Å². The van der Waals surface area contributed by atoms with E-state index in [2.05, 4.69) is 15.6 Å². The van der Waals surface area contributed by atoms with Crippen molar-refractivity contribution in [1.82, 2.24) is 20.3 Å². The summed E-state index contributed by atoms with van der Waals surface area (Å²) in [6, 6.07) is 0.281. The minimum Gasteiger partial charge on any atom is -0.305 e. The van der Waals surface area contributed by atoms with E-state index in [4.69, 9.17) is 0 Å². The Morgan fingerprint density at radius 2 is 2.19 bits per heavy atom. The molecule has 0 spiro atoms. The van der Waals surface area contributed by atoms with E-state index < -0.39 is 0 Å². The molecule has 0 radical (unpaired) electrons. The monoisotopic (exact) mass is 226 g/mol. The average molecular weight is 226 g/mol. The predicted octanol–water partition coefficient (Wildman–Crippen LogP) is 1.47. The van der Waals surface area contributed by atoms with E-state index in [1.54, 1.807) is 4.68 Å². The highest BCUT2D eigenvalue weighted by Gasteiger charge is 2.26. The first-order valence-corrected chi connectivity index (χ1v) is 5.79. The van der Waals surface area contributed by atoms with Crippen molar-refractivity contribution in [2.24, 2.45) is 7.05 Å². The number of Topliss-reactive ketones (excluding diaryl/α,β-unsaturated/α-hetero) is 1. The van der Waals surface area contributed by atoms with Crippen molar-refractivity contribution in [3.05, 3.63) is 11.9 Å². The van der Waals surface area contributed by atoms with Gasteiger partial charge < -0.3 is 5.32 Å². The van der Waals surface area contributed by atoms with Gasteiger partial charge in [0.15, 0.2) is 0 Å². The van der Waals surface area contributed by atoms with Crippen molar-refractivity contribution in [2.45, 2.75) is 45.7 Å². The van der Waals surface area contributed by atoms with Crippen LogP contribution in [0, 0.1) is 0 Å². The second kappa shape index (κ2) is 5.75. The summed E-state index contributed by atoms with van der Waals surface area (Å²) in [5.41, 5.74) is 0.854. The summed E-state index contributed by atoms with van der Waals surface area (Å²) in [5.74, 6) is 0.298. The summed E-state index contributed by atoms with van der Waals surface area (Å²) in [5, 5.41) is 11.2. The molecule has 5 heteroatoms. The summed E-state index contributed by atoms with van der Waals surface area (Å²) in [7, 11) is 1.82. The van der Waals surface area contributed by atoms with Crippen LogP contribution < -0.4 is 5.32 Å². The van der Waals surface area contributed by atoms with Crippen molar-refractivity contribution >= 4 is 5.78 Å². The van der Waals surface area contributed by atoms with Crippen LogP contribution in [0.2, 0.25) is 0 Å². The van der Waals surface area contributed by atoms with E-state index in [1.165, 1.54) is 0 Å². The van der Waals surface area contributed by atoms with Crippen molar-refractivity contribution in [2.75, 3.05) is 0 Å². The summed E-state index contributed by atoms with van der Waals surface area (Å²) in [6.45, 7) is 6.01. The topological polar surface area (TPSA) is 59.8 Å². The molecule has 0 unspecified atom stereocenters. The Bertz CT molecular complexity index is 353. The lowest BCUT2D eigenvalue weighted by atomic mass is 9.97. The molecule has 1 N–H and O–H groups in total. The lowest BCUT2D eigenvalue weighted by Gasteiger charge is -2.26. The second-order valence-corrected chi connectivity index (χ2v) is 3.88. The maximum atomic E-state index is 11.4. The van der Waals surface area contributed by atoms with Crippen molar-refractivity contribution in [1.29, 1.82) is 0 Å². The molecule has 1 saturated heterocycles. The molecule has 2 rings (SSSR count). The normalized spacial score (nSPS) is 24.9. The first-order valence-electron chi connectivity index (χ1n) is 5.79. The van der Waals surface area contributed by atoms with Gasteiger partial charge in [0, 0.05) is 33.6 Å². The molecule has 1 aromatic heterocycles. The number of hydrogen-bond acceptors (Lipinski definition) is 4. The summed E-state index contributed by atoms with van der Waals surface area (Å²) in [4.78, 5) is 11.4. The quantitative estimate of drug-likeness (QED) is 0.787. The number of aromatic nitrogens is 3. The molecule has 0 aliphatic carbocycles. The molecule has 2 atom stereocenters. The van der Waals surface area contributed by atoms with Gasteiger partial charge in [-0.05, 0) is 6.92 Å². The molecule has 5 nitrogen and oxygen atoms in total. The van der Waals surface area contributed by atoms with Gasteiger partial charge in [-0.2, -0.15) is 0 Å². The SMILES string of the molecule is CC.C[C@H]1CC(=O)C[C@@H](c2cn(C)nn2)N1.[HH]. The number of nitrogens with zero attached hydrogens (tertiary/aromatic N) is 3.